The molecule has 4 saturated carbocycles. The topological polar surface area (TPSA) is 329 Å². The zero-order valence-electron chi connectivity index (χ0n) is 39.9. The fraction of sp³-hybridized carbons (Fsp3) is 0.896. The highest BCUT2D eigenvalue weighted by Crippen LogP contribution is 2.76. The number of aldehydes is 1. The molecule has 0 spiro atoms. The maximum atomic E-state index is 13.8. The lowest BCUT2D eigenvalue weighted by Crippen LogP contribution is -2.69. The number of rotatable bonds is 10. The largest absolute Gasteiger partial charge is 0.481 e. The number of hydrogen-bond acceptors (Lipinski definition) is 18. The SMILES string of the molecule is C[C@H]1OC(O[C@H]2[C@H](O)[C@@H](C(=O)O)OC(O[C@H]3CC[C@@]4(C)C(CC[C@]5(C)C4CC=C4[C@@H]6CC(C)(C)CC[C@]6(C(=O)O)[C@H](O)C[C@]45C)[C@]3(C)C=O)[C@H]2OC2O[C@H](CO)[C@H](O)[C@H](O)[C@@H]2O)[C@@H](O)[C@@H](O)[C@H]1O. The van der Waals surface area contributed by atoms with E-state index in [9.17, 15) is 70.6 Å². The standard InChI is InChI=1S/C48H74O20/c1-20-28(52)30(54)32(56)39(63-20)66-35-34(58)36(38(59)60)67-41(37(35)68-40-33(57)31(55)29(53)23(18-49)64-40)65-27-11-12-44(4)24(45(27,5)19-50)10-13-46(6)25(44)9-8-21-22-16-43(2,3)14-15-48(22,42(61)62)26(51)17-47(21,46)7/h8,19-20,22-37,39-41,49,51-58H,9-18H2,1-7H3,(H,59,60)(H,61,62)/t20-,22+,23-,24?,25?,26-,27+,28+,29+,30+,31+,32+,33+,34+,35+,36+,37+,39?,40?,41?,44+,45+,46-,47-,48-/m1/s1. The van der Waals surface area contributed by atoms with Crippen LogP contribution in [0.2, 0.25) is 0 Å². The number of aliphatic hydroxyl groups excluding tert-OH is 9. The van der Waals surface area contributed by atoms with Gasteiger partial charge in [-0.15, -0.1) is 0 Å². The summed E-state index contributed by atoms with van der Waals surface area (Å²) in [5, 5.41) is 119. The summed E-state index contributed by atoms with van der Waals surface area (Å²) in [6.07, 6.45) is -21.9. The first kappa shape index (κ1) is 52.1. The van der Waals surface area contributed by atoms with E-state index in [2.05, 4.69) is 40.7 Å². The van der Waals surface area contributed by atoms with Gasteiger partial charge in [0, 0.05) is 0 Å². The normalized spacial score (nSPS) is 54.5. The summed E-state index contributed by atoms with van der Waals surface area (Å²) in [6.45, 7) is 13.2. The van der Waals surface area contributed by atoms with Gasteiger partial charge in [-0.25, -0.2) is 4.79 Å². The summed E-state index contributed by atoms with van der Waals surface area (Å²) in [5.74, 6) is -3.37. The van der Waals surface area contributed by atoms with Crippen molar-refractivity contribution in [3.05, 3.63) is 11.6 Å². The van der Waals surface area contributed by atoms with Crippen molar-refractivity contribution in [1.82, 2.24) is 0 Å². The number of hydrogen-bond donors (Lipinski definition) is 11. The Bertz CT molecular complexity index is 1950. The molecule has 25 atom stereocenters. The quantitative estimate of drug-likeness (QED) is 0.0778. The molecule has 0 bridgehead atoms. The van der Waals surface area contributed by atoms with Gasteiger partial charge >= 0.3 is 11.9 Å². The van der Waals surface area contributed by atoms with Crippen LogP contribution in [0.4, 0.5) is 0 Å². The molecule has 20 heteroatoms. The average Bonchev–Trinajstić information content (AvgIpc) is 3.27. The highest BCUT2D eigenvalue weighted by Gasteiger charge is 2.72. The molecule has 0 aromatic heterocycles. The predicted octanol–water partition coefficient (Wildman–Crippen LogP) is -0.0241. The Morgan fingerprint density at radius 2 is 1.34 bits per heavy atom. The van der Waals surface area contributed by atoms with Gasteiger partial charge in [-0.05, 0) is 104 Å². The first-order valence-electron chi connectivity index (χ1n) is 24.3. The van der Waals surface area contributed by atoms with Crippen LogP contribution in [0.25, 0.3) is 0 Å². The van der Waals surface area contributed by atoms with E-state index in [0.29, 0.717) is 44.9 Å². The van der Waals surface area contributed by atoms with Gasteiger partial charge in [0.2, 0.25) is 0 Å². The van der Waals surface area contributed by atoms with Gasteiger partial charge in [0.1, 0.15) is 72.7 Å². The van der Waals surface area contributed by atoms with Crippen LogP contribution in [-0.4, -0.2) is 185 Å². The van der Waals surface area contributed by atoms with Crippen molar-refractivity contribution in [3.8, 4) is 0 Å². The molecule has 8 rings (SSSR count). The Hall–Kier alpha value is -2.25. The fourth-order valence-electron chi connectivity index (χ4n) is 15.0. The molecule has 0 aromatic carbocycles. The maximum Gasteiger partial charge on any atom is 0.335 e. The molecule has 5 unspecified atom stereocenters. The first-order chi connectivity index (χ1) is 31.7. The number of carbonyl (C=O) groups is 3. The smallest absolute Gasteiger partial charge is 0.335 e. The minimum Gasteiger partial charge on any atom is -0.481 e. The van der Waals surface area contributed by atoms with E-state index in [-0.39, 0.29) is 36.0 Å². The van der Waals surface area contributed by atoms with Crippen LogP contribution < -0.4 is 0 Å². The van der Waals surface area contributed by atoms with Crippen molar-refractivity contribution < 1.29 is 99.0 Å². The third-order valence-electron chi connectivity index (χ3n) is 19.3. The minimum absolute atomic E-state index is 0.0282. The second kappa shape index (κ2) is 18.0. The third kappa shape index (κ3) is 7.77. The van der Waals surface area contributed by atoms with Crippen molar-refractivity contribution in [2.45, 2.75) is 211 Å². The van der Waals surface area contributed by atoms with Gasteiger partial charge in [-0.3, -0.25) is 4.79 Å². The Morgan fingerprint density at radius 3 is 1.96 bits per heavy atom. The lowest BCUT2D eigenvalue weighted by atomic mass is 9.33. The summed E-state index contributed by atoms with van der Waals surface area (Å²) in [6, 6.07) is 0. The van der Waals surface area contributed by atoms with Crippen LogP contribution in [0, 0.1) is 50.2 Å². The number of carbonyl (C=O) groups excluding carboxylic acids is 1. The van der Waals surface area contributed by atoms with E-state index < -0.39 is 150 Å². The highest BCUT2D eigenvalue weighted by molar-refractivity contribution is 5.78. The number of carboxylic acids is 2. The molecule has 3 saturated heterocycles. The van der Waals surface area contributed by atoms with Gasteiger partial charge in [0.05, 0.1) is 30.3 Å². The molecule has 386 valence electrons. The summed E-state index contributed by atoms with van der Waals surface area (Å²) < 4.78 is 36.2. The molecule has 11 N–H and O–H groups in total. The summed E-state index contributed by atoms with van der Waals surface area (Å²) in [5.41, 5.74) is -3.12. The molecule has 68 heavy (non-hydrogen) atoms. The molecule has 0 aromatic rings. The fourth-order valence-corrected chi connectivity index (χ4v) is 15.0. The molecule has 8 aliphatic rings. The van der Waals surface area contributed by atoms with Crippen molar-refractivity contribution in [2.75, 3.05) is 6.61 Å². The van der Waals surface area contributed by atoms with Crippen molar-refractivity contribution in [1.29, 1.82) is 0 Å². The number of aliphatic carboxylic acids is 2. The average molecular weight is 971 g/mol. The third-order valence-corrected chi connectivity index (χ3v) is 19.3. The lowest BCUT2D eigenvalue weighted by molar-refractivity contribution is -0.394. The molecule has 3 aliphatic heterocycles. The molecule has 5 aliphatic carbocycles. The van der Waals surface area contributed by atoms with Crippen molar-refractivity contribution >= 4 is 18.2 Å². The molecule has 3 heterocycles. The van der Waals surface area contributed by atoms with Gasteiger partial charge in [0.15, 0.2) is 25.0 Å². The van der Waals surface area contributed by atoms with Gasteiger partial charge < -0.3 is 89.4 Å². The second-order valence-electron chi connectivity index (χ2n) is 23.3. The molecule has 0 radical (unpaired) electrons. The number of ether oxygens (including phenoxy) is 6. The van der Waals surface area contributed by atoms with Gasteiger partial charge in [-0.2, -0.15) is 0 Å². The molecule has 0 amide bonds. The Kier molecular flexibility index (Phi) is 13.8. The van der Waals surface area contributed by atoms with Gasteiger partial charge in [-0.1, -0.05) is 53.2 Å². The maximum absolute atomic E-state index is 13.8. The number of allylic oxidation sites excluding steroid dienone is 2. The van der Waals surface area contributed by atoms with Crippen LogP contribution in [0.3, 0.4) is 0 Å². The van der Waals surface area contributed by atoms with Crippen LogP contribution in [-0.2, 0) is 42.8 Å². The number of fused-ring (bicyclic) bond motifs is 7. The zero-order valence-corrected chi connectivity index (χ0v) is 39.9. The zero-order chi connectivity index (χ0) is 50.0. The molecular formula is C48H74O20. The second-order valence-corrected chi connectivity index (χ2v) is 23.3. The van der Waals surface area contributed by atoms with Crippen LogP contribution >= 0.6 is 0 Å². The Balaban J connectivity index is 1.13. The van der Waals surface area contributed by atoms with E-state index in [1.807, 2.05) is 0 Å². The van der Waals surface area contributed by atoms with Gasteiger partial charge in [0.25, 0.3) is 0 Å². The molecule has 7 fully saturated rings. The Morgan fingerprint density at radius 1 is 0.706 bits per heavy atom. The Labute approximate surface area is 395 Å². The van der Waals surface area contributed by atoms with Crippen LogP contribution in [0.15, 0.2) is 11.6 Å². The molecular weight excluding hydrogens is 897 g/mol. The van der Waals surface area contributed by atoms with E-state index in [1.165, 1.54) is 6.92 Å². The van der Waals surface area contributed by atoms with E-state index in [0.717, 1.165) is 11.9 Å². The monoisotopic (exact) mass is 970 g/mol. The van der Waals surface area contributed by atoms with E-state index in [1.54, 1.807) is 6.92 Å². The number of aliphatic hydroxyl groups is 9. The first-order valence-corrected chi connectivity index (χ1v) is 24.3. The van der Waals surface area contributed by atoms with Crippen molar-refractivity contribution in [2.24, 2.45) is 50.2 Å². The predicted molar refractivity (Wildman–Crippen MR) is 231 cm³/mol. The van der Waals surface area contributed by atoms with E-state index >= 15 is 0 Å². The van der Waals surface area contributed by atoms with Crippen LogP contribution in [0.1, 0.15) is 106 Å². The summed E-state index contributed by atoms with van der Waals surface area (Å²) >= 11 is 0. The van der Waals surface area contributed by atoms with E-state index in [4.69, 9.17) is 28.4 Å². The van der Waals surface area contributed by atoms with Crippen LogP contribution in [0.5, 0.6) is 0 Å². The molecule has 20 nitrogen and oxygen atoms in total. The van der Waals surface area contributed by atoms with Crippen molar-refractivity contribution in [3.63, 3.8) is 0 Å². The minimum atomic E-state index is -2.15. The summed E-state index contributed by atoms with van der Waals surface area (Å²) in [4.78, 5) is 39.9. The summed E-state index contributed by atoms with van der Waals surface area (Å²) in [7, 11) is 0. The lowest BCUT2D eigenvalue weighted by Gasteiger charge is -2.71. The number of carboxylic acid groups (broad SMARTS) is 2. The highest BCUT2D eigenvalue weighted by atomic mass is 16.8.